The Labute approximate surface area is 437 Å². The fraction of sp³-hybridized carbons (Fsp3) is 0.340. The van der Waals surface area contributed by atoms with E-state index in [0.717, 1.165) is 34.5 Å². The lowest BCUT2D eigenvalue weighted by molar-refractivity contribution is -0.157. The van der Waals surface area contributed by atoms with Gasteiger partial charge in [0.1, 0.15) is 43.7 Å². The number of anilines is 1. The molecule has 75 heavy (non-hydrogen) atoms. The lowest BCUT2D eigenvalue weighted by Crippen LogP contribution is -2.30. The second kappa shape index (κ2) is 34.3. The van der Waals surface area contributed by atoms with Crippen LogP contribution in [0.15, 0.2) is 122 Å². The molecule has 22 heteroatoms. The number of hydrogen-bond acceptors (Lipinski definition) is 22. The third-order valence-electron chi connectivity index (χ3n) is 9.63. The van der Waals surface area contributed by atoms with Gasteiger partial charge in [0.25, 0.3) is 0 Å². The van der Waals surface area contributed by atoms with Gasteiger partial charge in [0.15, 0.2) is 12.2 Å². The van der Waals surface area contributed by atoms with Crippen molar-refractivity contribution < 1.29 is 85.7 Å². The number of thiazole rings is 1. The van der Waals surface area contributed by atoms with Gasteiger partial charge in [-0.1, -0.05) is 49.8 Å². The summed E-state index contributed by atoms with van der Waals surface area (Å²) in [6, 6.07) is 18.2. The van der Waals surface area contributed by atoms with E-state index < -0.39 is 54.0 Å². The topological polar surface area (TPSA) is 258 Å². The smallest absolute Gasteiger partial charge is 0.343 e. The highest BCUT2D eigenvalue weighted by Crippen LogP contribution is 2.27. The minimum absolute atomic E-state index is 0.0428. The summed E-state index contributed by atoms with van der Waals surface area (Å²) in [4.78, 5) is 88.9. The van der Waals surface area contributed by atoms with E-state index in [4.69, 9.17) is 52.1 Å². The average molecular weight is 1060 g/mol. The molecule has 1 aromatic heterocycles. The molecule has 0 fully saturated rings. The first kappa shape index (κ1) is 59.4. The Balaban J connectivity index is 1.44. The highest BCUT2D eigenvalue weighted by atomic mass is 32.1. The first-order valence-corrected chi connectivity index (χ1v) is 24.3. The van der Waals surface area contributed by atoms with Gasteiger partial charge in [-0.05, 0) is 80.3 Å². The average Bonchev–Trinajstić information content (AvgIpc) is 3.84. The molecular formula is C53H59N3O18S. The lowest BCUT2D eigenvalue weighted by Gasteiger charge is -2.19. The molecule has 0 saturated carbocycles. The normalized spacial score (nSPS) is 11.5. The molecule has 2 atom stereocenters. The molecule has 0 radical (unpaired) electrons. The summed E-state index contributed by atoms with van der Waals surface area (Å²) in [7, 11) is 0. The zero-order valence-corrected chi connectivity index (χ0v) is 42.0. The lowest BCUT2D eigenvalue weighted by atomic mass is 10.2. The molecule has 0 aliphatic rings. The Morgan fingerprint density at radius 1 is 0.587 bits per heavy atom. The van der Waals surface area contributed by atoms with Crippen LogP contribution < -0.4 is 19.6 Å². The molecule has 4 rings (SSSR count). The minimum Gasteiger partial charge on any atom is -0.490 e. The number of benzene rings is 3. The summed E-state index contributed by atoms with van der Waals surface area (Å²) in [6.45, 7) is 13.4. The van der Waals surface area contributed by atoms with Crippen LogP contribution >= 0.6 is 11.3 Å². The van der Waals surface area contributed by atoms with E-state index in [2.05, 4.69) is 41.8 Å². The number of rotatable bonds is 37. The number of ether oxygens (including phenoxy) is 11. The summed E-state index contributed by atoms with van der Waals surface area (Å²) < 4.78 is 61.1. The number of esters is 7. The summed E-state index contributed by atoms with van der Waals surface area (Å²) in [6.07, 6.45) is 5.39. The maximum Gasteiger partial charge on any atom is 0.343 e. The molecule has 21 nitrogen and oxygen atoms in total. The molecule has 0 aliphatic heterocycles. The molecule has 1 N–H and O–H groups in total. The van der Waals surface area contributed by atoms with Crippen molar-refractivity contribution in [3.05, 3.63) is 128 Å². The van der Waals surface area contributed by atoms with Gasteiger partial charge in [-0.3, -0.25) is 15.0 Å². The molecule has 3 aromatic carbocycles. The van der Waals surface area contributed by atoms with E-state index >= 15 is 0 Å². The van der Waals surface area contributed by atoms with Crippen LogP contribution in [-0.2, 0) is 66.7 Å². The van der Waals surface area contributed by atoms with E-state index in [1.54, 1.807) is 12.1 Å². The van der Waals surface area contributed by atoms with Crippen LogP contribution in [0.25, 0.3) is 10.2 Å². The van der Waals surface area contributed by atoms with Gasteiger partial charge in [0, 0.05) is 43.1 Å². The van der Waals surface area contributed by atoms with Crippen molar-refractivity contribution in [2.45, 2.75) is 50.7 Å². The Morgan fingerprint density at radius 3 is 1.61 bits per heavy atom. The van der Waals surface area contributed by atoms with Crippen molar-refractivity contribution in [1.82, 2.24) is 4.98 Å². The van der Waals surface area contributed by atoms with E-state index in [-0.39, 0.29) is 96.0 Å². The molecule has 0 amide bonds. The fourth-order valence-corrected chi connectivity index (χ4v) is 6.74. The predicted octanol–water partition coefficient (Wildman–Crippen LogP) is 6.83. The highest BCUT2D eigenvalue weighted by molar-refractivity contribution is 7.22. The highest BCUT2D eigenvalue weighted by Gasteiger charge is 2.20. The van der Waals surface area contributed by atoms with Crippen LogP contribution in [0.5, 0.6) is 17.2 Å². The number of carbonyl (C=O) groups is 7. The van der Waals surface area contributed by atoms with Gasteiger partial charge in [-0.15, -0.1) is 0 Å². The molecule has 0 bridgehead atoms. The van der Waals surface area contributed by atoms with E-state index in [1.165, 1.54) is 47.9 Å². The van der Waals surface area contributed by atoms with Crippen LogP contribution in [0, 0.1) is 0 Å². The van der Waals surface area contributed by atoms with E-state index in [1.807, 2.05) is 24.3 Å². The molecular weight excluding hydrogens is 999 g/mol. The third-order valence-corrected chi connectivity index (χ3v) is 10.6. The number of hydrazone groups is 1. The quantitative estimate of drug-likeness (QED) is 0.00922. The number of para-hydroxylation sites is 1. The number of aromatic nitrogens is 1. The fourth-order valence-electron chi connectivity index (χ4n) is 5.93. The number of fused-ring (bicyclic) bond motifs is 1. The third kappa shape index (κ3) is 23.9. The summed E-state index contributed by atoms with van der Waals surface area (Å²) in [5, 5.41) is 4.86. The number of nitrogens with zero attached hydrogens (tertiary/aromatic N) is 2. The van der Waals surface area contributed by atoms with Crippen LogP contribution in [0.4, 0.5) is 5.13 Å². The Hall–Kier alpha value is -8.21. The Kier molecular flexibility index (Phi) is 27.1. The number of hydrogen-bond donors (Lipinski definition) is 1. The van der Waals surface area contributed by atoms with Crippen molar-refractivity contribution in [2.24, 2.45) is 5.10 Å². The molecule has 0 aliphatic carbocycles. The Bertz CT molecular complexity index is 2550. The maximum atomic E-state index is 13.6. The molecule has 1 heterocycles. The summed E-state index contributed by atoms with van der Waals surface area (Å²) in [5.74, 6) is -3.81. The zero-order chi connectivity index (χ0) is 54.0. The van der Waals surface area contributed by atoms with E-state index in [9.17, 15) is 33.6 Å². The van der Waals surface area contributed by atoms with Gasteiger partial charge in [-0.25, -0.2) is 29.0 Å². The number of carbonyl (C=O) groups excluding carboxylic acids is 7. The molecule has 400 valence electrons. The first-order valence-electron chi connectivity index (χ1n) is 23.5. The van der Waals surface area contributed by atoms with Crippen molar-refractivity contribution in [3.8, 4) is 17.2 Å². The van der Waals surface area contributed by atoms with Crippen LogP contribution in [0.2, 0.25) is 0 Å². The van der Waals surface area contributed by atoms with Gasteiger partial charge < -0.3 is 52.1 Å². The van der Waals surface area contributed by atoms with Crippen molar-refractivity contribution in [2.75, 3.05) is 71.5 Å². The van der Waals surface area contributed by atoms with Crippen molar-refractivity contribution in [3.63, 3.8) is 0 Å². The van der Waals surface area contributed by atoms with Crippen LogP contribution in [0.3, 0.4) is 0 Å². The minimum atomic E-state index is -0.915. The van der Waals surface area contributed by atoms with Crippen molar-refractivity contribution in [1.29, 1.82) is 0 Å². The van der Waals surface area contributed by atoms with Gasteiger partial charge in [-0.2, -0.15) is 5.10 Å². The second-order valence-corrected chi connectivity index (χ2v) is 16.4. The predicted molar refractivity (Wildman–Crippen MR) is 273 cm³/mol. The first-order chi connectivity index (χ1) is 36.4. The number of unbranched alkanes of at least 4 members (excludes halogenated alkanes) is 2. The standard InChI is InChI=1S/C53H59N3O18S/c1-5-46(57)66-27-13-11-25-64-33-41(72-50(61)23-29-68-48(59)7-3)35-70-39-19-17-37(18-20-39)52(63)74-44-22-21-40(31-38(44)32-54-56-53-55-43-15-9-10-16-45(43)75-53)71-36-42(73-51(62)24-30-69-49(60)8-4)34-65-26-12-14-28-67-47(58)6-2/h5-10,15-22,31-32,41-42H,1-4,11-14,23-30,33-36H2,(H,55,56)/b54-32+. The van der Waals surface area contributed by atoms with Crippen LogP contribution in [0.1, 0.15) is 54.4 Å². The summed E-state index contributed by atoms with van der Waals surface area (Å²) >= 11 is 1.38. The van der Waals surface area contributed by atoms with Gasteiger partial charge in [0.05, 0.1) is 61.3 Å². The van der Waals surface area contributed by atoms with Gasteiger partial charge in [0.2, 0.25) is 5.13 Å². The van der Waals surface area contributed by atoms with E-state index in [0.29, 0.717) is 42.1 Å². The SMILES string of the molecule is C=CC(=O)OCCCCOCC(COc1ccc(C(=O)Oc2ccc(OCC(COCCCCOC(=O)C=C)OC(=O)CCOC(=O)C=C)cc2/C=N/Nc2nc3ccccc3s2)cc1)OC(=O)CCOC(=O)C=C. The Morgan fingerprint density at radius 2 is 1.08 bits per heavy atom. The zero-order valence-electron chi connectivity index (χ0n) is 41.2. The molecule has 2 unspecified atom stereocenters. The van der Waals surface area contributed by atoms with Crippen LogP contribution in [-0.4, -0.2) is 131 Å². The van der Waals surface area contributed by atoms with Crippen molar-refractivity contribution >= 4 is 74.7 Å². The van der Waals surface area contributed by atoms with Gasteiger partial charge >= 0.3 is 41.8 Å². The molecule has 4 aromatic rings. The maximum absolute atomic E-state index is 13.6. The molecule has 0 saturated heterocycles. The largest absolute Gasteiger partial charge is 0.490 e. The summed E-state index contributed by atoms with van der Waals surface area (Å²) in [5.41, 5.74) is 4.14. The monoisotopic (exact) mass is 1060 g/mol. The second-order valence-electron chi connectivity index (χ2n) is 15.4. The molecule has 0 spiro atoms. The number of nitrogens with one attached hydrogen (secondary N) is 1.